The molecule has 0 radical (unpaired) electrons. The lowest BCUT2D eigenvalue weighted by atomic mass is 10.3. The molecule has 0 fully saturated rings. The minimum atomic E-state index is -3.86. The Morgan fingerprint density at radius 1 is 1.05 bits per heavy atom. The van der Waals surface area contributed by atoms with Crippen LogP contribution in [0.2, 0.25) is 0 Å². The molecule has 0 aliphatic rings. The van der Waals surface area contributed by atoms with E-state index in [1.807, 2.05) is 0 Å². The molecule has 2 rings (SSSR count). The highest BCUT2D eigenvalue weighted by atomic mass is 32.2. The van der Waals surface area contributed by atoms with Crippen LogP contribution < -0.4 is 14.2 Å². The van der Waals surface area contributed by atoms with Crippen LogP contribution in [-0.2, 0) is 10.0 Å². The van der Waals surface area contributed by atoms with Gasteiger partial charge in [0, 0.05) is 5.69 Å². The molecule has 0 atom stereocenters. The Balaban J connectivity index is 2.22. The lowest BCUT2D eigenvalue weighted by Crippen LogP contribution is -2.14. The van der Waals surface area contributed by atoms with Crippen LogP contribution >= 0.6 is 0 Å². The molecule has 22 heavy (non-hydrogen) atoms. The quantitative estimate of drug-likeness (QED) is 0.884. The average molecular weight is 329 g/mol. The van der Waals surface area contributed by atoms with E-state index < -0.39 is 16.6 Å². The molecular weight excluding hydrogens is 316 g/mol. The molecule has 0 unspecified atom stereocenters. The fraction of sp³-hybridized carbons (Fsp3) is 0.143. The molecule has 5 nitrogen and oxygen atoms in total. The van der Waals surface area contributed by atoms with Crippen LogP contribution in [0.3, 0.4) is 0 Å². The molecule has 0 aliphatic heterocycles. The number of anilines is 1. The predicted molar refractivity (Wildman–Crippen MR) is 76.9 cm³/mol. The van der Waals surface area contributed by atoms with Crippen molar-refractivity contribution in [3.63, 3.8) is 0 Å². The predicted octanol–water partition coefficient (Wildman–Crippen LogP) is 3.10. The number of sulfonamides is 1. The van der Waals surface area contributed by atoms with Crippen molar-refractivity contribution in [2.24, 2.45) is 0 Å². The molecule has 8 heteroatoms. The van der Waals surface area contributed by atoms with Crippen molar-refractivity contribution in [2.45, 2.75) is 11.5 Å². The molecule has 0 spiro atoms. The lowest BCUT2D eigenvalue weighted by molar-refractivity contribution is -0.0498. The summed E-state index contributed by atoms with van der Waals surface area (Å²) in [6.45, 7) is -2.93. The van der Waals surface area contributed by atoms with E-state index in [1.165, 1.54) is 43.5 Å². The zero-order valence-electron chi connectivity index (χ0n) is 11.5. The van der Waals surface area contributed by atoms with Crippen LogP contribution in [0.1, 0.15) is 0 Å². The fourth-order valence-electron chi connectivity index (χ4n) is 1.76. The van der Waals surface area contributed by atoms with Crippen LogP contribution in [0.5, 0.6) is 11.5 Å². The van der Waals surface area contributed by atoms with Gasteiger partial charge in [-0.15, -0.1) is 0 Å². The Kier molecular flexibility index (Phi) is 4.81. The first-order chi connectivity index (χ1) is 10.4. The molecule has 0 saturated carbocycles. The number of benzene rings is 2. The first-order valence-electron chi connectivity index (χ1n) is 6.13. The van der Waals surface area contributed by atoms with Crippen molar-refractivity contribution in [1.29, 1.82) is 0 Å². The monoisotopic (exact) mass is 329 g/mol. The van der Waals surface area contributed by atoms with Gasteiger partial charge in [-0.1, -0.05) is 12.1 Å². The third kappa shape index (κ3) is 3.85. The van der Waals surface area contributed by atoms with E-state index >= 15 is 0 Å². The van der Waals surface area contributed by atoms with Gasteiger partial charge in [0.05, 0.1) is 7.11 Å². The van der Waals surface area contributed by atoms with Gasteiger partial charge in [-0.25, -0.2) is 8.42 Å². The van der Waals surface area contributed by atoms with Gasteiger partial charge in [0.1, 0.15) is 16.4 Å². The molecule has 118 valence electrons. The zero-order valence-corrected chi connectivity index (χ0v) is 12.3. The summed E-state index contributed by atoms with van der Waals surface area (Å²) in [5.74, 6) is 0.142. The third-order valence-electron chi connectivity index (χ3n) is 2.69. The van der Waals surface area contributed by atoms with Gasteiger partial charge < -0.3 is 9.47 Å². The van der Waals surface area contributed by atoms with Crippen LogP contribution in [0.15, 0.2) is 53.4 Å². The molecule has 1 N–H and O–H groups in total. The highest BCUT2D eigenvalue weighted by molar-refractivity contribution is 7.92. The highest BCUT2D eigenvalue weighted by Gasteiger charge is 2.19. The number of rotatable bonds is 6. The van der Waals surface area contributed by atoms with E-state index in [0.29, 0.717) is 0 Å². The Morgan fingerprint density at radius 2 is 1.68 bits per heavy atom. The second-order valence-corrected chi connectivity index (χ2v) is 5.81. The number of alkyl halides is 2. The topological polar surface area (TPSA) is 64.6 Å². The zero-order chi connectivity index (χ0) is 16.2. The number of hydrogen-bond acceptors (Lipinski definition) is 4. The van der Waals surface area contributed by atoms with Crippen molar-refractivity contribution in [3.05, 3.63) is 48.5 Å². The minimum Gasteiger partial charge on any atom is -0.495 e. The van der Waals surface area contributed by atoms with Crippen LogP contribution in [0.4, 0.5) is 14.5 Å². The average Bonchev–Trinajstić information content (AvgIpc) is 2.48. The Labute approximate surface area is 126 Å². The van der Waals surface area contributed by atoms with Crippen molar-refractivity contribution < 1.29 is 26.7 Å². The van der Waals surface area contributed by atoms with Crippen molar-refractivity contribution in [3.8, 4) is 11.5 Å². The smallest absolute Gasteiger partial charge is 0.387 e. The summed E-state index contributed by atoms with van der Waals surface area (Å²) in [7, 11) is -2.49. The summed E-state index contributed by atoms with van der Waals surface area (Å²) in [6, 6.07) is 11.3. The maximum Gasteiger partial charge on any atom is 0.387 e. The van der Waals surface area contributed by atoms with Gasteiger partial charge in [0.2, 0.25) is 0 Å². The van der Waals surface area contributed by atoms with Crippen LogP contribution in [0, 0.1) is 0 Å². The summed E-state index contributed by atoms with van der Waals surface area (Å²) < 4.78 is 60.2. The maximum absolute atomic E-state index is 12.3. The second kappa shape index (κ2) is 6.61. The lowest BCUT2D eigenvalue weighted by Gasteiger charge is -2.12. The van der Waals surface area contributed by atoms with E-state index in [0.717, 1.165) is 0 Å². The first kappa shape index (κ1) is 16.0. The number of ether oxygens (including phenoxy) is 2. The van der Waals surface area contributed by atoms with Crippen molar-refractivity contribution in [2.75, 3.05) is 11.8 Å². The molecule has 0 amide bonds. The number of nitrogens with one attached hydrogen (secondary N) is 1. The van der Waals surface area contributed by atoms with Gasteiger partial charge in [0.25, 0.3) is 10.0 Å². The summed E-state index contributed by atoms with van der Waals surface area (Å²) in [5.41, 5.74) is 0.215. The maximum atomic E-state index is 12.3. The molecule has 0 heterocycles. The Morgan fingerprint density at radius 3 is 2.27 bits per heavy atom. The normalized spacial score (nSPS) is 11.3. The number of halogens is 2. The van der Waals surface area contributed by atoms with Gasteiger partial charge >= 0.3 is 6.61 Å². The number of methoxy groups -OCH3 is 1. The first-order valence-corrected chi connectivity index (χ1v) is 7.61. The minimum absolute atomic E-state index is 0.0228. The van der Waals surface area contributed by atoms with Gasteiger partial charge in [0.15, 0.2) is 0 Å². The second-order valence-electron chi connectivity index (χ2n) is 4.16. The van der Waals surface area contributed by atoms with E-state index in [-0.39, 0.29) is 22.1 Å². The van der Waals surface area contributed by atoms with E-state index in [1.54, 1.807) is 12.1 Å². The van der Waals surface area contributed by atoms with E-state index in [4.69, 9.17) is 4.74 Å². The largest absolute Gasteiger partial charge is 0.495 e. The summed E-state index contributed by atoms with van der Waals surface area (Å²) in [6.07, 6.45) is 0. The number of para-hydroxylation sites is 1. The Hall–Kier alpha value is -2.35. The SMILES string of the molecule is COc1ccccc1S(=O)(=O)Nc1ccc(OC(F)F)cc1. The van der Waals surface area contributed by atoms with Gasteiger partial charge in [-0.3, -0.25) is 4.72 Å². The molecule has 0 bridgehead atoms. The molecule has 0 saturated heterocycles. The van der Waals surface area contributed by atoms with Crippen molar-refractivity contribution in [1.82, 2.24) is 0 Å². The van der Waals surface area contributed by atoms with E-state index in [9.17, 15) is 17.2 Å². The molecule has 0 aliphatic carbocycles. The summed E-state index contributed by atoms with van der Waals surface area (Å²) in [5, 5.41) is 0. The molecule has 0 aromatic heterocycles. The standard InChI is InChI=1S/C14H13F2NO4S/c1-20-12-4-2-3-5-13(12)22(18,19)17-10-6-8-11(9-7-10)21-14(15)16/h2-9,14,17H,1H3. The van der Waals surface area contributed by atoms with Crippen molar-refractivity contribution >= 4 is 15.7 Å². The number of hydrogen-bond donors (Lipinski definition) is 1. The fourth-order valence-corrected chi connectivity index (χ4v) is 2.99. The summed E-state index contributed by atoms with van der Waals surface area (Å²) >= 11 is 0. The van der Waals surface area contributed by atoms with Gasteiger partial charge in [-0.05, 0) is 36.4 Å². The van der Waals surface area contributed by atoms with Gasteiger partial charge in [-0.2, -0.15) is 8.78 Å². The third-order valence-corrected chi connectivity index (χ3v) is 4.11. The molecule has 2 aromatic carbocycles. The summed E-state index contributed by atoms with van der Waals surface area (Å²) in [4.78, 5) is -0.0228. The molecular formula is C14H13F2NO4S. The van der Waals surface area contributed by atoms with E-state index in [2.05, 4.69) is 9.46 Å². The molecule has 2 aromatic rings. The van der Waals surface area contributed by atoms with Crippen LogP contribution in [-0.4, -0.2) is 22.1 Å². The highest BCUT2D eigenvalue weighted by Crippen LogP contribution is 2.26. The van der Waals surface area contributed by atoms with Crippen LogP contribution in [0.25, 0.3) is 0 Å². The Bertz CT molecular complexity index is 733.